The number of hydrogen-bond acceptors (Lipinski definition) is 5. The summed E-state index contributed by atoms with van der Waals surface area (Å²) in [5.41, 5.74) is -0.948. The summed E-state index contributed by atoms with van der Waals surface area (Å²) in [6.07, 6.45) is 4.64. The van der Waals surface area contributed by atoms with Gasteiger partial charge in [-0.2, -0.15) is 10.1 Å². The molecule has 1 amide bonds. The minimum atomic E-state index is -0.712. The minimum Gasteiger partial charge on any atom is -0.394 e. The van der Waals surface area contributed by atoms with Crippen molar-refractivity contribution in [2.45, 2.75) is 18.4 Å². The van der Waals surface area contributed by atoms with Crippen molar-refractivity contribution < 1.29 is 14.3 Å². The van der Waals surface area contributed by atoms with Gasteiger partial charge in [-0.05, 0) is 31.2 Å². The van der Waals surface area contributed by atoms with Crippen LogP contribution in [0.2, 0.25) is 0 Å². The second-order valence-electron chi connectivity index (χ2n) is 5.17. The van der Waals surface area contributed by atoms with Gasteiger partial charge in [0, 0.05) is 19.3 Å². The zero-order valence-corrected chi connectivity index (χ0v) is 13.6. The fourth-order valence-electron chi connectivity index (χ4n) is 2.39. The third kappa shape index (κ3) is 3.88. The molecule has 5 nitrogen and oxygen atoms in total. The van der Waals surface area contributed by atoms with Gasteiger partial charge >= 0.3 is 0 Å². The molecule has 1 aliphatic heterocycles. The average Bonchev–Trinajstić information content (AvgIpc) is 2.48. The van der Waals surface area contributed by atoms with Gasteiger partial charge < -0.3 is 10.4 Å². The highest BCUT2D eigenvalue weighted by Crippen LogP contribution is 2.36. The van der Waals surface area contributed by atoms with Crippen LogP contribution in [0.3, 0.4) is 0 Å². The molecule has 1 atom stereocenters. The van der Waals surface area contributed by atoms with Crippen LogP contribution in [-0.2, 0) is 0 Å². The van der Waals surface area contributed by atoms with E-state index >= 15 is 0 Å². The van der Waals surface area contributed by atoms with E-state index < -0.39 is 27.4 Å². The number of nitrogens with one attached hydrogen (secondary N) is 1. The summed E-state index contributed by atoms with van der Waals surface area (Å²) in [4.78, 5) is 15.9. The van der Waals surface area contributed by atoms with Gasteiger partial charge in [0.1, 0.15) is 0 Å². The number of carbonyl (C=O) groups excluding carboxylic acids is 1. The lowest BCUT2D eigenvalue weighted by Crippen LogP contribution is -2.57. The first-order valence-corrected chi connectivity index (χ1v) is 9.58. The molecule has 2 heterocycles. The van der Waals surface area contributed by atoms with Crippen molar-refractivity contribution in [3.63, 3.8) is 0 Å². The molecule has 0 bridgehead atoms. The molecule has 0 aliphatic carbocycles. The Labute approximate surface area is 131 Å². The van der Waals surface area contributed by atoms with Crippen molar-refractivity contribution in [1.82, 2.24) is 14.6 Å². The van der Waals surface area contributed by atoms with Crippen LogP contribution < -0.4 is 5.32 Å². The van der Waals surface area contributed by atoms with E-state index in [1.54, 1.807) is 0 Å². The van der Waals surface area contributed by atoms with Crippen molar-refractivity contribution >= 4 is 27.7 Å². The summed E-state index contributed by atoms with van der Waals surface area (Å²) in [6.45, 7) is 1.32. The van der Waals surface area contributed by atoms with E-state index in [-0.39, 0.29) is 12.3 Å². The number of halogens is 1. The van der Waals surface area contributed by atoms with E-state index in [1.807, 2.05) is 6.26 Å². The molecule has 0 radical (unpaired) electrons. The Morgan fingerprint density at radius 1 is 1.62 bits per heavy atom. The van der Waals surface area contributed by atoms with Crippen molar-refractivity contribution in [2.75, 3.05) is 26.0 Å². The Balaban J connectivity index is 2.06. The third-order valence-corrected chi connectivity index (χ3v) is 5.74. The quantitative estimate of drug-likeness (QED) is 0.493. The van der Waals surface area contributed by atoms with Gasteiger partial charge in [-0.3, -0.25) is 9.10 Å². The summed E-state index contributed by atoms with van der Waals surface area (Å²) in [5, 5.41) is 12.4. The number of aliphatic hydroxyl groups is 1. The van der Waals surface area contributed by atoms with Crippen LogP contribution in [-0.4, -0.2) is 51.8 Å². The molecule has 21 heavy (non-hydrogen) atoms. The maximum Gasteiger partial charge on any atom is 0.273 e. The van der Waals surface area contributed by atoms with Gasteiger partial charge in [0.2, 0.25) is 0 Å². The number of aromatic nitrogens is 1. The Kier molecular flexibility index (Phi) is 5.48. The van der Waals surface area contributed by atoms with Crippen molar-refractivity contribution in [3.05, 3.63) is 29.8 Å². The van der Waals surface area contributed by atoms with Gasteiger partial charge in [-0.15, -0.1) is 11.7 Å². The minimum absolute atomic E-state index is 0.171. The molecular weight excluding hydrogens is 313 g/mol. The first kappa shape index (κ1) is 16.5. The molecule has 1 aliphatic rings. The summed E-state index contributed by atoms with van der Waals surface area (Å²) in [5.74, 6) is -1.24. The van der Waals surface area contributed by atoms with Crippen molar-refractivity contribution in [3.8, 4) is 0 Å². The summed E-state index contributed by atoms with van der Waals surface area (Å²) >= 11 is 4.45. The molecule has 2 rings (SSSR count). The smallest absolute Gasteiger partial charge is 0.273 e. The summed E-state index contributed by atoms with van der Waals surface area (Å²) in [7, 11) is -0.473. The highest BCUT2D eigenvalue weighted by atomic mass is 33.1. The van der Waals surface area contributed by atoms with E-state index in [0.717, 1.165) is 13.1 Å². The number of pyridine rings is 1. The lowest BCUT2D eigenvalue weighted by molar-refractivity contribution is 0.0720. The van der Waals surface area contributed by atoms with E-state index in [0.29, 0.717) is 12.8 Å². The number of hydrogen-bond donors (Lipinski definition) is 4. The summed E-state index contributed by atoms with van der Waals surface area (Å²) < 4.78 is 15.8. The molecule has 1 aromatic rings. The Morgan fingerprint density at radius 2 is 2.29 bits per heavy atom. The van der Waals surface area contributed by atoms with Crippen LogP contribution >= 0.6 is 21.8 Å². The van der Waals surface area contributed by atoms with Crippen LogP contribution in [0.15, 0.2) is 18.3 Å². The normalized spacial score (nSPS) is 20.9. The Bertz CT molecular complexity index is 508. The van der Waals surface area contributed by atoms with Gasteiger partial charge in [0.25, 0.3) is 5.91 Å². The van der Waals surface area contributed by atoms with Crippen LogP contribution in [0.5, 0.6) is 0 Å². The topological polar surface area (TPSA) is 65.5 Å². The molecule has 1 fully saturated rings. The number of aliphatic hydroxyl groups excluding tert-OH is 1. The molecular formula is C13H20FN3O2S2. The fraction of sp³-hybridized carbons (Fsp3) is 0.538. The number of nitrogens with zero attached hydrogens (tertiary/aromatic N) is 2. The van der Waals surface area contributed by atoms with Crippen molar-refractivity contribution in [1.29, 1.82) is 0 Å². The van der Waals surface area contributed by atoms with E-state index in [1.165, 1.54) is 18.3 Å². The van der Waals surface area contributed by atoms with Crippen LogP contribution in [0.25, 0.3) is 0 Å². The average molecular weight is 333 g/mol. The standard InChI is InChI=1S/C13H20FN3O2S2/c1-21(20)17-7-4-13(9-18,5-8-17)16-12(19)11-10(14)3-2-6-15-11/h2-3,6,18,20-21H,4-5,7-9H2,1H3,(H,16,19). The zero-order chi connectivity index (χ0) is 15.5. The summed E-state index contributed by atoms with van der Waals surface area (Å²) in [6, 6.07) is 2.63. The predicted octanol–water partition coefficient (Wildman–Crippen LogP) is 1.17. The van der Waals surface area contributed by atoms with Crippen LogP contribution in [0.1, 0.15) is 23.3 Å². The van der Waals surface area contributed by atoms with Gasteiger partial charge in [0.15, 0.2) is 11.5 Å². The maximum atomic E-state index is 13.6. The fourth-order valence-corrected chi connectivity index (χ4v) is 3.70. The lowest BCUT2D eigenvalue weighted by Gasteiger charge is -2.43. The highest BCUT2D eigenvalue weighted by molar-refractivity contribution is 8.76. The van der Waals surface area contributed by atoms with E-state index in [9.17, 15) is 14.3 Å². The second-order valence-corrected chi connectivity index (χ2v) is 8.45. The molecule has 1 unspecified atom stereocenters. The maximum absolute atomic E-state index is 13.6. The SMILES string of the molecule is C[SH](S)N1CCC(CO)(NC(=O)c2ncccc2F)CC1. The molecule has 8 heteroatoms. The predicted molar refractivity (Wildman–Crippen MR) is 86.2 cm³/mol. The number of thiol groups is 2. The second kappa shape index (κ2) is 6.95. The van der Waals surface area contributed by atoms with Gasteiger partial charge in [-0.25, -0.2) is 9.37 Å². The number of amides is 1. The third-order valence-electron chi connectivity index (χ3n) is 3.76. The molecule has 2 N–H and O–H groups in total. The van der Waals surface area contributed by atoms with Gasteiger partial charge in [-0.1, -0.05) is 0 Å². The molecule has 0 saturated carbocycles. The van der Waals surface area contributed by atoms with Crippen LogP contribution in [0.4, 0.5) is 4.39 Å². The van der Waals surface area contributed by atoms with Gasteiger partial charge in [0.05, 0.1) is 12.1 Å². The number of rotatable bonds is 4. The highest BCUT2D eigenvalue weighted by Gasteiger charge is 2.36. The Morgan fingerprint density at radius 3 is 2.81 bits per heavy atom. The first-order valence-electron chi connectivity index (χ1n) is 6.69. The molecule has 1 saturated heterocycles. The monoisotopic (exact) mass is 333 g/mol. The van der Waals surface area contributed by atoms with Crippen LogP contribution in [0, 0.1) is 5.82 Å². The molecule has 0 spiro atoms. The largest absolute Gasteiger partial charge is 0.394 e. The van der Waals surface area contributed by atoms with E-state index in [4.69, 9.17) is 0 Å². The Hall–Kier alpha value is -0.830. The first-order chi connectivity index (χ1) is 9.97. The zero-order valence-electron chi connectivity index (χ0n) is 11.8. The lowest BCUT2D eigenvalue weighted by atomic mass is 9.89. The van der Waals surface area contributed by atoms with Crippen molar-refractivity contribution in [2.24, 2.45) is 0 Å². The molecule has 1 aromatic heterocycles. The molecule has 0 aromatic carbocycles. The number of piperidine rings is 1. The molecule has 118 valence electrons. The van der Waals surface area contributed by atoms with E-state index in [2.05, 4.69) is 26.3 Å². The number of carbonyl (C=O) groups is 1.